The van der Waals surface area contributed by atoms with E-state index in [1.165, 1.54) is 18.9 Å². The summed E-state index contributed by atoms with van der Waals surface area (Å²) in [5, 5.41) is 3.40. The van der Waals surface area contributed by atoms with Crippen molar-refractivity contribution in [1.29, 1.82) is 0 Å². The summed E-state index contributed by atoms with van der Waals surface area (Å²) in [6, 6.07) is 4.95. The van der Waals surface area contributed by atoms with Gasteiger partial charge in [0.25, 0.3) is 0 Å². The van der Waals surface area contributed by atoms with E-state index in [1.54, 1.807) is 12.1 Å². The Labute approximate surface area is 105 Å². The van der Waals surface area contributed by atoms with Gasteiger partial charge in [-0.25, -0.2) is 4.39 Å². The number of hydrogen-bond donors (Lipinski definition) is 1. The molecule has 0 aliphatic heterocycles. The number of rotatable bonds is 5. The first-order valence-corrected chi connectivity index (χ1v) is 6.59. The largest absolute Gasteiger partial charge is 0.316 e. The Bertz CT molecular complexity index is 374. The minimum Gasteiger partial charge on any atom is -0.316 e. The Balaban J connectivity index is 2.05. The van der Waals surface area contributed by atoms with Crippen molar-refractivity contribution in [2.24, 2.45) is 5.41 Å². The molecular formula is C13H17BrFN. The molecule has 0 unspecified atom stereocenters. The first-order chi connectivity index (χ1) is 7.65. The average molecular weight is 286 g/mol. The minimum atomic E-state index is -0.141. The van der Waals surface area contributed by atoms with Crippen LogP contribution >= 0.6 is 15.9 Å². The fourth-order valence-electron chi connectivity index (χ4n) is 2.07. The lowest BCUT2D eigenvalue weighted by Gasteiger charge is -2.16. The van der Waals surface area contributed by atoms with E-state index in [0.717, 1.165) is 29.5 Å². The van der Waals surface area contributed by atoms with Gasteiger partial charge >= 0.3 is 0 Å². The molecule has 0 atom stereocenters. The molecule has 0 bridgehead atoms. The molecule has 1 nitrogen and oxygen atoms in total. The molecule has 1 saturated carbocycles. The molecule has 0 spiro atoms. The van der Waals surface area contributed by atoms with Crippen LogP contribution in [0.3, 0.4) is 0 Å². The smallest absolute Gasteiger partial charge is 0.123 e. The van der Waals surface area contributed by atoms with Crippen molar-refractivity contribution in [2.75, 3.05) is 13.1 Å². The first-order valence-electron chi connectivity index (χ1n) is 5.80. The van der Waals surface area contributed by atoms with Crippen LogP contribution in [0.5, 0.6) is 0 Å². The molecule has 88 valence electrons. The fraction of sp³-hybridized carbons (Fsp3) is 0.538. The second kappa shape index (κ2) is 4.84. The summed E-state index contributed by atoms with van der Waals surface area (Å²) in [6.07, 6.45) is 3.48. The molecule has 0 radical (unpaired) electrons. The summed E-state index contributed by atoms with van der Waals surface area (Å²) in [5.74, 6) is -0.141. The van der Waals surface area contributed by atoms with Crippen molar-refractivity contribution in [1.82, 2.24) is 5.32 Å². The standard InChI is InChI=1S/C13H17BrFN/c1-2-16-9-13(5-6-13)8-10-7-11(15)3-4-12(10)14/h3-4,7,16H,2,5-6,8-9H2,1H3. The van der Waals surface area contributed by atoms with Gasteiger partial charge in [0, 0.05) is 11.0 Å². The van der Waals surface area contributed by atoms with Crippen LogP contribution in [-0.4, -0.2) is 13.1 Å². The van der Waals surface area contributed by atoms with Gasteiger partial charge in [0.2, 0.25) is 0 Å². The van der Waals surface area contributed by atoms with Gasteiger partial charge in [0.15, 0.2) is 0 Å². The molecule has 0 heterocycles. The molecule has 1 N–H and O–H groups in total. The van der Waals surface area contributed by atoms with Gasteiger partial charge < -0.3 is 5.32 Å². The van der Waals surface area contributed by atoms with Gasteiger partial charge in [-0.2, -0.15) is 0 Å². The van der Waals surface area contributed by atoms with Gasteiger partial charge in [0.1, 0.15) is 5.82 Å². The predicted molar refractivity (Wildman–Crippen MR) is 68.0 cm³/mol. The van der Waals surface area contributed by atoms with Crippen LogP contribution in [0.15, 0.2) is 22.7 Å². The lowest BCUT2D eigenvalue weighted by atomic mass is 9.96. The van der Waals surface area contributed by atoms with E-state index in [0.29, 0.717) is 5.41 Å². The van der Waals surface area contributed by atoms with Gasteiger partial charge in [-0.1, -0.05) is 22.9 Å². The molecule has 3 heteroatoms. The van der Waals surface area contributed by atoms with Crippen molar-refractivity contribution in [3.63, 3.8) is 0 Å². The molecular weight excluding hydrogens is 269 g/mol. The molecule has 1 aliphatic carbocycles. The lowest BCUT2D eigenvalue weighted by Crippen LogP contribution is -2.25. The van der Waals surface area contributed by atoms with Crippen LogP contribution in [0.2, 0.25) is 0 Å². The quantitative estimate of drug-likeness (QED) is 0.873. The molecule has 2 rings (SSSR count). The van der Waals surface area contributed by atoms with E-state index in [1.807, 2.05) is 0 Å². The SMILES string of the molecule is CCNCC1(Cc2cc(F)ccc2Br)CC1. The second-order valence-electron chi connectivity index (χ2n) is 4.69. The van der Waals surface area contributed by atoms with Crippen LogP contribution in [0.4, 0.5) is 4.39 Å². The Kier molecular flexibility index (Phi) is 3.65. The van der Waals surface area contributed by atoms with E-state index in [9.17, 15) is 4.39 Å². The summed E-state index contributed by atoms with van der Waals surface area (Å²) in [5.41, 5.74) is 1.47. The van der Waals surface area contributed by atoms with Crippen molar-refractivity contribution in [2.45, 2.75) is 26.2 Å². The summed E-state index contributed by atoms with van der Waals surface area (Å²) in [6.45, 7) is 4.17. The fourth-order valence-corrected chi connectivity index (χ4v) is 2.45. The molecule has 1 fully saturated rings. The van der Waals surface area contributed by atoms with E-state index < -0.39 is 0 Å². The van der Waals surface area contributed by atoms with Crippen LogP contribution in [0.25, 0.3) is 0 Å². The van der Waals surface area contributed by atoms with Crippen LogP contribution < -0.4 is 5.32 Å². The molecule has 0 saturated heterocycles. The molecule has 1 aromatic carbocycles. The lowest BCUT2D eigenvalue weighted by molar-refractivity contribution is 0.461. The highest BCUT2D eigenvalue weighted by Crippen LogP contribution is 2.48. The van der Waals surface area contributed by atoms with Crippen molar-refractivity contribution >= 4 is 15.9 Å². The van der Waals surface area contributed by atoms with Crippen LogP contribution in [0, 0.1) is 11.2 Å². The maximum Gasteiger partial charge on any atom is 0.123 e. The Morgan fingerprint density at radius 1 is 1.44 bits per heavy atom. The Morgan fingerprint density at radius 3 is 2.81 bits per heavy atom. The molecule has 0 aromatic heterocycles. The Morgan fingerprint density at radius 2 is 2.19 bits per heavy atom. The molecule has 1 aliphatic rings. The van der Waals surface area contributed by atoms with E-state index in [4.69, 9.17) is 0 Å². The summed E-state index contributed by atoms with van der Waals surface area (Å²) >= 11 is 3.49. The summed E-state index contributed by atoms with van der Waals surface area (Å²) in [4.78, 5) is 0. The van der Waals surface area contributed by atoms with Gasteiger partial charge in [-0.15, -0.1) is 0 Å². The predicted octanol–water partition coefficient (Wildman–Crippen LogP) is 3.52. The topological polar surface area (TPSA) is 12.0 Å². The van der Waals surface area contributed by atoms with E-state index in [-0.39, 0.29) is 5.82 Å². The zero-order valence-electron chi connectivity index (χ0n) is 9.52. The van der Waals surface area contributed by atoms with Gasteiger partial charge in [0.05, 0.1) is 0 Å². The monoisotopic (exact) mass is 285 g/mol. The zero-order valence-corrected chi connectivity index (χ0v) is 11.1. The highest BCUT2D eigenvalue weighted by Gasteiger charge is 2.42. The van der Waals surface area contributed by atoms with Gasteiger partial charge in [-0.05, 0) is 55.0 Å². The highest BCUT2D eigenvalue weighted by atomic mass is 79.9. The summed E-state index contributed by atoms with van der Waals surface area (Å²) in [7, 11) is 0. The highest BCUT2D eigenvalue weighted by molar-refractivity contribution is 9.10. The van der Waals surface area contributed by atoms with Crippen molar-refractivity contribution in [3.8, 4) is 0 Å². The number of nitrogens with one attached hydrogen (secondary N) is 1. The van der Waals surface area contributed by atoms with E-state index in [2.05, 4.69) is 28.2 Å². The summed E-state index contributed by atoms with van der Waals surface area (Å²) < 4.78 is 14.2. The number of halogens is 2. The maximum absolute atomic E-state index is 13.2. The van der Waals surface area contributed by atoms with Crippen LogP contribution in [0.1, 0.15) is 25.3 Å². The average Bonchev–Trinajstić information content (AvgIpc) is 3.01. The van der Waals surface area contributed by atoms with Crippen LogP contribution in [-0.2, 0) is 6.42 Å². The molecule has 0 amide bonds. The number of hydrogen-bond acceptors (Lipinski definition) is 1. The third kappa shape index (κ3) is 2.83. The third-order valence-corrected chi connectivity index (χ3v) is 4.05. The third-order valence-electron chi connectivity index (χ3n) is 3.28. The Hall–Kier alpha value is -0.410. The molecule has 1 aromatic rings. The van der Waals surface area contributed by atoms with Gasteiger partial charge in [-0.3, -0.25) is 0 Å². The number of benzene rings is 1. The molecule has 16 heavy (non-hydrogen) atoms. The second-order valence-corrected chi connectivity index (χ2v) is 5.55. The normalized spacial score (nSPS) is 17.4. The van der Waals surface area contributed by atoms with Crippen molar-refractivity contribution < 1.29 is 4.39 Å². The van der Waals surface area contributed by atoms with E-state index >= 15 is 0 Å². The first kappa shape index (κ1) is 12.1. The zero-order chi connectivity index (χ0) is 11.6. The van der Waals surface area contributed by atoms with Crippen molar-refractivity contribution in [3.05, 3.63) is 34.1 Å². The minimum absolute atomic E-state index is 0.141. The maximum atomic E-state index is 13.2.